The minimum Gasteiger partial charge on any atom is -0.370 e. The summed E-state index contributed by atoms with van der Waals surface area (Å²) in [6.07, 6.45) is 0.677. The van der Waals surface area contributed by atoms with Crippen LogP contribution in [0.4, 0.5) is 5.69 Å². The first-order valence-corrected chi connectivity index (χ1v) is 7.11. The lowest BCUT2D eigenvalue weighted by Gasteiger charge is -2.48. The molecule has 2 heterocycles. The maximum Gasteiger partial charge on any atom is 0.223 e. The first kappa shape index (κ1) is 14.4. The van der Waals surface area contributed by atoms with Crippen LogP contribution >= 0.6 is 0 Å². The zero-order valence-electron chi connectivity index (χ0n) is 12.4. The van der Waals surface area contributed by atoms with E-state index in [0.29, 0.717) is 12.0 Å². The number of nitriles is 1. The molecule has 1 spiro atoms. The number of carbonyl (C=O) groups excluding carboxylic acids is 1. The largest absolute Gasteiger partial charge is 0.370 e. The summed E-state index contributed by atoms with van der Waals surface area (Å²) >= 11 is 0. The molecule has 0 saturated carbocycles. The van der Waals surface area contributed by atoms with Crippen LogP contribution in [-0.2, 0) is 4.79 Å². The standard InChI is InChI=1S/C14H15N3O.C2H6/c1-16-8-14(6-13(16)18)9-17(10-14)12-4-2-11(7-15)3-5-12;1-2/h2-5H,6,8-10H2,1H3;1-2H3. The number of rotatable bonds is 1. The van der Waals surface area contributed by atoms with Gasteiger partial charge in [0.1, 0.15) is 0 Å². The first-order valence-electron chi connectivity index (χ1n) is 7.11. The second kappa shape index (κ2) is 5.54. The highest BCUT2D eigenvalue weighted by molar-refractivity contribution is 5.80. The zero-order valence-corrected chi connectivity index (χ0v) is 12.4. The molecule has 2 aliphatic heterocycles. The van der Waals surface area contributed by atoms with Gasteiger partial charge in [0.25, 0.3) is 0 Å². The van der Waals surface area contributed by atoms with Crippen molar-refractivity contribution in [1.82, 2.24) is 4.90 Å². The summed E-state index contributed by atoms with van der Waals surface area (Å²) in [4.78, 5) is 15.7. The van der Waals surface area contributed by atoms with Crippen LogP contribution < -0.4 is 4.90 Å². The lowest BCUT2D eigenvalue weighted by atomic mass is 9.78. The SMILES string of the molecule is CC.CN1CC2(CC1=O)CN(c1ccc(C#N)cc1)C2. The third kappa shape index (κ3) is 2.49. The van der Waals surface area contributed by atoms with Crippen molar-refractivity contribution in [1.29, 1.82) is 5.26 Å². The second-order valence-corrected chi connectivity index (χ2v) is 5.44. The van der Waals surface area contributed by atoms with E-state index in [-0.39, 0.29) is 11.3 Å². The lowest BCUT2D eigenvalue weighted by Crippen LogP contribution is -2.57. The van der Waals surface area contributed by atoms with Crippen LogP contribution in [0.15, 0.2) is 24.3 Å². The van der Waals surface area contributed by atoms with E-state index in [1.54, 1.807) is 0 Å². The topological polar surface area (TPSA) is 47.3 Å². The molecule has 2 aliphatic rings. The first-order chi connectivity index (χ1) is 9.62. The molecule has 20 heavy (non-hydrogen) atoms. The van der Waals surface area contributed by atoms with E-state index < -0.39 is 0 Å². The van der Waals surface area contributed by atoms with Gasteiger partial charge in [-0.1, -0.05) is 13.8 Å². The molecule has 4 nitrogen and oxygen atoms in total. The number of carbonyl (C=O) groups is 1. The third-order valence-electron chi connectivity index (χ3n) is 3.94. The van der Waals surface area contributed by atoms with Crippen molar-refractivity contribution >= 4 is 11.6 Å². The highest BCUT2D eigenvalue weighted by Gasteiger charge is 2.50. The fourth-order valence-corrected chi connectivity index (χ4v) is 3.01. The molecule has 2 saturated heterocycles. The van der Waals surface area contributed by atoms with E-state index >= 15 is 0 Å². The zero-order chi connectivity index (χ0) is 14.8. The summed E-state index contributed by atoms with van der Waals surface area (Å²) in [6, 6.07) is 9.75. The maximum atomic E-state index is 11.6. The van der Waals surface area contributed by atoms with Gasteiger partial charge >= 0.3 is 0 Å². The molecule has 0 atom stereocenters. The van der Waals surface area contributed by atoms with E-state index in [4.69, 9.17) is 5.26 Å². The van der Waals surface area contributed by atoms with E-state index in [0.717, 1.165) is 25.3 Å². The molecular formula is C16H21N3O. The normalized spacial score (nSPS) is 19.2. The van der Waals surface area contributed by atoms with E-state index in [2.05, 4.69) is 11.0 Å². The number of amides is 1. The number of benzene rings is 1. The fraction of sp³-hybridized carbons (Fsp3) is 0.500. The van der Waals surface area contributed by atoms with Crippen molar-refractivity contribution in [3.8, 4) is 6.07 Å². The van der Waals surface area contributed by atoms with Crippen LogP contribution in [0.5, 0.6) is 0 Å². The molecular weight excluding hydrogens is 250 g/mol. The Balaban J connectivity index is 0.000000704. The number of anilines is 1. The van der Waals surface area contributed by atoms with Crippen molar-refractivity contribution in [2.75, 3.05) is 31.6 Å². The van der Waals surface area contributed by atoms with Gasteiger partial charge in [-0.3, -0.25) is 4.79 Å². The molecule has 4 heteroatoms. The van der Waals surface area contributed by atoms with E-state index in [9.17, 15) is 4.79 Å². The molecule has 0 aliphatic carbocycles. The van der Waals surface area contributed by atoms with Crippen LogP contribution in [0.25, 0.3) is 0 Å². The highest BCUT2D eigenvalue weighted by Crippen LogP contribution is 2.41. The van der Waals surface area contributed by atoms with Crippen LogP contribution in [0.2, 0.25) is 0 Å². The van der Waals surface area contributed by atoms with E-state index in [1.165, 1.54) is 0 Å². The van der Waals surface area contributed by atoms with E-state index in [1.807, 2.05) is 50.1 Å². The van der Waals surface area contributed by atoms with Gasteiger partial charge in [0, 0.05) is 44.2 Å². The summed E-state index contributed by atoms with van der Waals surface area (Å²) in [7, 11) is 1.88. The van der Waals surface area contributed by atoms with Gasteiger partial charge in [0.15, 0.2) is 0 Å². The van der Waals surface area contributed by atoms with Gasteiger partial charge in [-0.05, 0) is 24.3 Å². The van der Waals surface area contributed by atoms with Gasteiger partial charge in [-0.15, -0.1) is 0 Å². The lowest BCUT2D eigenvalue weighted by molar-refractivity contribution is -0.126. The Morgan fingerprint density at radius 1 is 1.15 bits per heavy atom. The van der Waals surface area contributed by atoms with Crippen LogP contribution in [0.3, 0.4) is 0 Å². The van der Waals surface area contributed by atoms with Crippen molar-refractivity contribution in [2.45, 2.75) is 20.3 Å². The quantitative estimate of drug-likeness (QED) is 0.787. The number of likely N-dealkylation sites (tertiary alicyclic amines) is 1. The average Bonchev–Trinajstić information content (AvgIpc) is 2.76. The third-order valence-corrected chi connectivity index (χ3v) is 3.94. The Kier molecular flexibility index (Phi) is 3.99. The van der Waals surface area contributed by atoms with Gasteiger partial charge < -0.3 is 9.80 Å². The molecule has 0 aromatic heterocycles. The summed E-state index contributed by atoms with van der Waals surface area (Å²) in [5.41, 5.74) is 1.99. The molecule has 0 radical (unpaired) electrons. The maximum absolute atomic E-state index is 11.6. The van der Waals surface area contributed by atoms with Crippen LogP contribution in [0.1, 0.15) is 25.8 Å². The number of hydrogen-bond donors (Lipinski definition) is 0. The smallest absolute Gasteiger partial charge is 0.223 e. The Hall–Kier alpha value is -2.02. The average molecular weight is 271 g/mol. The van der Waals surface area contributed by atoms with Gasteiger partial charge in [-0.2, -0.15) is 5.26 Å². The van der Waals surface area contributed by atoms with Gasteiger partial charge in [0.2, 0.25) is 5.91 Å². The molecule has 0 unspecified atom stereocenters. The summed E-state index contributed by atoms with van der Waals surface area (Å²) in [5, 5.41) is 8.76. The molecule has 0 N–H and O–H groups in total. The molecule has 3 rings (SSSR count). The Morgan fingerprint density at radius 3 is 2.20 bits per heavy atom. The van der Waals surface area contributed by atoms with Gasteiger partial charge in [0.05, 0.1) is 11.6 Å². The highest BCUT2D eigenvalue weighted by atomic mass is 16.2. The number of hydrogen-bond acceptors (Lipinski definition) is 3. The Labute approximate surface area is 120 Å². The van der Waals surface area contributed by atoms with Gasteiger partial charge in [-0.25, -0.2) is 0 Å². The predicted octanol–water partition coefficient (Wildman–Crippen LogP) is 2.25. The number of nitrogens with zero attached hydrogens (tertiary/aromatic N) is 3. The molecule has 2 fully saturated rings. The van der Waals surface area contributed by atoms with Crippen LogP contribution in [0, 0.1) is 16.7 Å². The van der Waals surface area contributed by atoms with Crippen molar-refractivity contribution in [3.05, 3.63) is 29.8 Å². The Bertz CT molecular complexity index is 524. The van der Waals surface area contributed by atoms with Crippen molar-refractivity contribution in [3.63, 3.8) is 0 Å². The Morgan fingerprint density at radius 2 is 1.75 bits per heavy atom. The van der Waals surface area contributed by atoms with Crippen molar-refractivity contribution in [2.24, 2.45) is 5.41 Å². The molecule has 1 aromatic carbocycles. The predicted molar refractivity (Wildman–Crippen MR) is 79.4 cm³/mol. The summed E-state index contributed by atoms with van der Waals surface area (Å²) < 4.78 is 0. The monoisotopic (exact) mass is 271 g/mol. The summed E-state index contributed by atoms with van der Waals surface area (Å²) in [5.74, 6) is 0.259. The minimum absolute atomic E-state index is 0.166. The second-order valence-electron chi connectivity index (χ2n) is 5.44. The molecule has 1 aromatic rings. The fourth-order valence-electron chi connectivity index (χ4n) is 3.01. The molecule has 0 bridgehead atoms. The molecule has 1 amide bonds. The minimum atomic E-state index is 0.166. The van der Waals surface area contributed by atoms with Crippen LogP contribution in [-0.4, -0.2) is 37.5 Å². The molecule has 106 valence electrons. The summed E-state index contributed by atoms with van der Waals surface area (Å²) in [6.45, 7) is 6.75. The van der Waals surface area contributed by atoms with Crippen molar-refractivity contribution < 1.29 is 4.79 Å².